The summed E-state index contributed by atoms with van der Waals surface area (Å²) < 4.78 is 5.70. The highest BCUT2D eigenvalue weighted by Crippen LogP contribution is 2.20. The molecule has 0 aromatic rings. The molecular formula is C11H22N2O2. The third-order valence-corrected chi connectivity index (χ3v) is 3.00. The fourth-order valence-electron chi connectivity index (χ4n) is 2.00. The summed E-state index contributed by atoms with van der Waals surface area (Å²) >= 11 is 0. The molecule has 15 heavy (non-hydrogen) atoms. The molecule has 0 aliphatic heterocycles. The van der Waals surface area contributed by atoms with Gasteiger partial charge in [0, 0.05) is 13.1 Å². The van der Waals surface area contributed by atoms with Gasteiger partial charge in [-0.1, -0.05) is 19.3 Å². The molecule has 0 bridgehead atoms. The maximum absolute atomic E-state index is 11.3. The average molecular weight is 214 g/mol. The number of ether oxygens (including phenoxy) is 1. The van der Waals surface area contributed by atoms with Crippen molar-refractivity contribution < 1.29 is 9.53 Å². The van der Waals surface area contributed by atoms with Crippen LogP contribution in [0.4, 0.5) is 0 Å². The van der Waals surface area contributed by atoms with Gasteiger partial charge in [-0.2, -0.15) is 0 Å². The van der Waals surface area contributed by atoms with Gasteiger partial charge in [-0.25, -0.2) is 0 Å². The van der Waals surface area contributed by atoms with Gasteiger partial charge in [-0.05, 0) is 19.8 Å². The van der Waals surface area contributed by atoms with Gasteiger partial charge in [-0.15, -0.1) is 0 Å². The van der Waals surface area contributed by atoms with Crippen molar-refractivity contribution in [3.63, 3.8) is 0 Å². The predicted molar refractivity (Wildman–Crippen MR) is 59.5 cm³/mol. The highest BCUT2D eigenvalue weighted by molar-refractivity contribution is 5.79. The first-order valence-corrected chi connectivity index (χ1v) is 5.77. The summed E-state index contributed by atoms with van der Waals surface area (Å²) in [4.78, 5) is 11.3. The van der Waals surface area contributed by atoms with E-state index in [1.54, 1.807) is 14.0 Å². The molecule has 0 radical (unpaired) electrons. The highest BCUT2D eigenvalue weighted by Gasteiger charge is 2.24. The smallest absolute Gasteiger partial charge is 0.248 e. The van der Waals surface area contributed by atoms with Gasteiger partial charge in [0.05, 0.1) is 6.10 Å². The van der Waals surface area contributed by atoms with E-state index < -0.39 is 6.10 Å². The third-order valence-electron chi connectivity index (χ3n) is 3.00. The van der Waals surface area contributed by atoms with Crippen molar-refractivity contribution in [1.82, 2.24) is 5.32 Å². The molecule has 3 atom stereocenters. The van der Waals surface area contributed by atoms with Crippen LogP contribution in [0, 0.1) is 0 Å². The molecule has 88 valence electrons. The van der Waals surface area contributed by atoms with E-state index in [4.69, 9.17) is 10.5 Å². The van der Waals surface area contributed by atoms with E-state index in [2.05, 4.69) is 5.32 Å². The molecule has 1 fully saturated rings. The fraction of sp³-hybridized carbons (Fsp3) is 0.909. The van der Waals surface area contributed by atoms with E-state index in [1.165, 1.54) is 12.8 Å². The van der Waals surface area contributed by atoms with E-state index in [9.17, 15) is 4.79 Å². The van der Waals surface area contributed by atoms with E-state index in [1.807, 2.05) is 0 Å². The van der Waals surface area contributed by atoms with Crippen molar-refractivity contribution in [3.05, 3.63) is 0 Å². The monoisotopic (exact) mass is 214 g/mol. The lowest BCUT2D eigenvalue weighted by Crippen LogP contribution is -2.42. The van der Waals surface area contributed by atoms with Gasteiger partial charge in [0.2, 0.25) is 5.91 Å². The van der Waals surface area contributed by atoms with Crippen molar-refractivity contribution in [3.8, 4) is 0 Å². The standard InChI is InChI=1S/C11H22N2O2/c1-8(11(14)13-2)15-10-7-5-3-4-6-9(10)12/h8-10H,3-7,12H2,1-2H3,(H,13,14). The number of hydrogen-bond acceptors (Lipinski definition) is 3. The van der Waals surface area contributed by atoms with Gasteiger partial charge in [-0.3, -0.25) is 4.79 Å². The molecular weight excluding hydrogens is 192 g/mol. The zero-order valence-corrected chi connectivity index (χ0v) is 9.66. The second-order valence-electron chi connectivity index (χ2n) is 4.23. The molecule has 1 aliphatic carbocycles. The van der Waals surface area contributed by atoms with E-state index in [0.29, 0.717) is 0 Å². The number of rotatable bonds is 3. The van der Waals surface area contributed by atoms with E-state index in [0.717, 1.165) is 19.3 Å². The molecule has 0 spiro atoms. The summed E-state index contributed by atoms with van der Waals surface area (Å²) in [5.41, 5.74) is 6.01. The molecule has 4 heteroatoms. The average Bonchev–Trinajstić information content (AvgIpc) is 2.43. The summed E-state index contributed by atoms with van der Waals surface area (Å²) in [5.74, 6) is -0.0774. The van der Waals surface area contributed by atoms with Crippen LogP contribution in [0.3, 0.4) is 0 Å². The molecule has 0 aromatic heterocycles. The van der Waals surface area contributed by atoms with Crippen molar-refractivity contribution in [1.29, 1.82) is 0 Å². The minimum Gasteiger partial charge on any atom is -0.364 e. The summed E-state index contributed by atoms with van der Waals surface area (Å²) in [5, 5.41) is 2.58. The lowest BCUT2D eigenvalue weighted by atomic mass is 10.1. The van der Waals surface area contributed by atoms with Crippen LogP contribution in [0.1, 0.15) is 39.0 Å². The lowest BCUT2D eigenvalue weighted by molar-refractivity contribution is -0.135. The van der Waals surface area contributed by atoms with Gasteiger partial charge in [0.25, 0.3) is 0 Å². The molecule has 0 heterocycles. The van der Waals surface area contributed by atoms with Crippen LogP contribution in [0.15, 0.2) is 0 Å². The minimum atomic E-state index is -0.399. The Labute approximate surface area is 91.5 Å². The number of carbonyl (C=O) groups is 1. The normalized spacial score (nSPS) is 29.3. The number of amides is 1. The first-order chi connectivity index (χ1) is 7.15. The van der Waals surface area contributed by atoms with E-state index >= 15 is 0 Å². The second kappa shape index (κ2) is 6.08. The predicted octanol–water partition coefficient (Wildman–Crippen LogP) is 0.797. The molecule has 1 aliphatic rings. The third kappa shape index (κ3) is 3.80. The van der Waals surface area contributed by atoms with Gasteiger partial charge in [0.15, 0.2) is 0 Å². The van der Waals surface area contributed by atoms with Crippen molar-refractivity contribution in [2.75, 3.05) is 7.05 Å². The second-order valence-corrected chi connectivity index (χ2v) is 4.23. The first kappa shape index (κ1) is 12.5. The first-order valence-electron chi connectivity index (χ1n) is 5.77. The maximum atomic E-state index is 11.3. The zero-order chi connectivity index (χ0) is 11.3. The van der Waals surface area contributed by atoms with Gasteiger partial charge >= 0.3 is 0 Å². The Hall–Kier alpha value is -0.610. The molecule has 1 rings (SSSR count). The Bertz CT molecular complexity index is 209. The fourth-order valence-corrected chi connectivity index (χ4v) is 2.00. The van der Waals surface area contributed by atoms with Crippen LogP contribution in [-0.2, 0) is 9.53 Å². The Morgan fingerprint density at radius 3 is 2.73 bits per heavy atom. The molecule has 3 unspecified atom stereocenters. The van der Waals surface area contributed by atoms with Crippen LogP contribution in [0.2, 0.25) is 0 Å². The van der Waals surface area contributed by atoms with Gasteiger partial charge < -0.3 is 15.8 Å². The Kier molecular flexibility index (Phi) is 5.05. The van der Waals surface area contributed by atoms with Crippen LogP contribution >= 0.6 is 0 Å². The van der Waals surface area contributed by atoms with Crippen LogP contribution < -0.4 is 11.1 Å². The SMILES string of the molecule is CNC(=O)C(C)OC1CCCCCC1N. The Morgan fingerprint density at radius 1 is 1.40 bits per heavy atom. The zero-order valence-electron chi connectivity index (χ0n) is 9.66. The number of nitrogens with one attached hydrogen (secondary N) is 1. The quantitative estimate of drug-likeness (QED) is 0.683. The number of nitrogens with two attached hydrogens (primary N) is 1. The molecule has 1 amide bonds. The number of hydrogen-bond donors (Lipinski definition) is 2. The molecule has 0 aromatic carbocycles. The topological polar surface area (TPSA) is 64.3 Å². The van der Waals surface area contributed by atoms with Crippen LogP contribution in [0.25, 0.3) is 0 Å². The van der Waals surface area contributed by atoms with Crippen LogP contribution in [-0.4, -0.2) is 31.2 Å². The maximum Gasteiger partial charge on any atom is 0.248 e. The summed E-state index contributed by atoms with van der Waals surface area (Å²) in [6, 6.07) is 0.0830. The lowest BCUT2D eigenvalue weighted by Gasteiger charge is -2.24. The molecule has 4 nitrogen and oxygen atoms in total. The van der Waals surface area contributed by atoms with Crippen LogP contribution in [0.5, 0.6) is 0 Å². The van der Waals surface area contributed by atoms with E-state index in [-0.39, 0.29) is 18.1 Å². The van der Waals surface area contributed by atoms with Crippen molar-refractivity contribution in [2.24, 2.45) is 5.73 Å². The van der Waals surface area contributed by atoms with Gasteiger partial charge in [0.1, 0.15) is 6.10 Å². The molecule has 0 saturated heterocycles. The Morgan fingerprint density at radius 2 is 2.07 bits per heavy atom. The Balaban J connectivity index is 2.43. The minimum absolute atomic E-state index is 0.0415. The summed E-state index contributed by atoms with van der Waals surface area (Å²) in [7, 11) is 1.62. The summed E-state index contributed by atoms with van der Waals surface area (Å²) in [6.07, 6.45) is 5.17. The van der Waals surface area contributed by atoms with Crippen molar-refractivity contribution in [2.45, 2.75) is 57.3 Å². The number of carbonyl (C=O) groups excluding carboxylic acids is 1. The van der Waals surface area contributed by atoms with Crippen molar-refractivity contribution >= 4 is 5.91 Å². The number of likely N-dealkylation sites (N-methyl/N-ethyl adjacent to an activating group) is 1. The molecule has 3 N–H and O–H groups in total. The summed E-state index contributed by atoms with van der Waals surface area (Å²) in [6.45, 7) is 1.77. The molecule has 1 saturated carbocycles. The highest BCUT2D eigenvalue weighted by atomic mass is 16.5. The largest absolute Gasteiger partial charge is 0.364 e.